The Bertz CT molecular complexity index is 660. The molecule has 7 N–H and O–H groups in total. The Labute approximate surface area is 181 Å². The molecule has 11 heteroatoms. The van der Waals surface area contributed by atoms with Gasteiger partial charge in [0.15, 0.2) is 12.0 Å². The highest BCUT2D eigenvalue weighted by Gasteiger charge is 2.20. The first-order valence-corrected chi connectivity index (χ1v) is 10.4. The average molecular weight is 522 g/mol. The van der Waals surface area contributed by atoms with Gasteiger partial charge in [-0.15, -0.1) is 4.91 Å². The fraction of sp³-hybridized carbons (Fsp3) is 0.529. The number of nitrogens with one attached hydrogen (secondary N) is 1. The lowest BCUT2D eigenvalue weighted by atomic mass is 10.1. The molecule has 0 bridgehead atoms. The zero-order chi connectivity index (χ0) is 20.9. The lowest BCUT2D eigenvalue weighted by Gasteiger charge is -2.14. The van der Waals surface area contributed by atoms with Crippen LogP contribution in [-0.2, 0) is 11.2 Å². The predicted molar refractivity (Wildman–Crippen MR) is 117 cm³/mol. The molecule has 0 aliphatic carbocycles. The van der Waals surface area contributed by atoms with Gasteiger partial charge in [-0.25, -0.2) is 0 Å². The first kappa shape index (κ1) is 24.3. The van der Waals surface area contributed by atoms with Crippen molar-refractivity contribution in [2.75, 3.05) is 26.2 Å². The molecule has 0 aliphatic heterocycles. The van der Waals surface area contributed by atoms with Crippen molar-refractivity contribution >= 4 is 43.7 Å². The fourth-order valence-corrected chi connectivity index (χ4v) is 3.81. The quantitative estimate of drug-likeness (QED) is 0.134. The third-order valence-corrected chi connectivity index (χ3v) is 4.87. The van der Waals surface area contributed by atoms with Gasteiger partial charge in [0.05, 0.1) is 15.6 Å². The second-order valence-corrected chi connectivity index (χ2v) is 7.72. The third kappa shape index (κ3) is 8.98. The van der Waals surface area contributed by atoms with E-state index in [1.807, 2.05) is 12.1 Å². The van der Waals surface area contributed by atoms with E-state index in [0.717, 1.165) is 27.4 Å². The van der Waals surface area contributed by atoms with Crippen molar-refractivity contribution in [3.05, 3.63) is 31.5 Å². The van der Waals surface area contributed by atoms with Gasteiger partial charge in [0.25, 0.3) is 0 Å². The van der Waals surface area contributed by atoms with Gasteiger partial charge in [0, 0.05) is 19.5 Å². The van der Waals surface area contributed by atoms with Gasteiger partial charge in [-0.3, -0.25) is 9.79 Å². The molecule has 28 heavy (non-hydrogen) atoms. The number of nitroso groups, excluding NO2 is 1. The molecule has 0 spiro atoms. The van der Waals surface area contributed by atoms with Crippen molar-refractivity contribution in [3.63, 3.8) is 0 Å². The van der Waals surface area contributed by atoms with E-state index in [2.05, 4.69) is 47.3 Å². The molecular weight excluding hydrogens is 496 g/mol. The summed E-state index contributed by atoms with van der Waals surface area (Å²) >= 11 is 6.90. The lowest BCUT2D eigenvalue weighted by molar-refractivity contribution is -0.122. The monoisotopic (exact) mass is 520 g/mol. The van der Waals surface area contributed by atoms with Gasteiger partial charge in [-0.05, 0) is 75.4 Å². The largest absolute Gasteiger partial charge is 0.491 e. The number of halogens is 2. The number of hydrogen-bond acceptors (Lipinski definition) is 6. The molecule has 0 fully saturated rings. The summed E-state index contributed by atoms with van der Waals surface area (Å²) in [5, 5.41) is 5.68. The van der Waals surface area contributed by atoms with Gasteiger partial charge in [-0.1, -0.05) is 5.18 Å². The van der Waals surface area contributed by atoms with Crippen LogP contribution in [0.5, 0.6) is 5.75 Å². The van der Waals surface area contributed by atoms with Gasteiger partial charge in [-0.2, -0.15) is 0 Å². The molecular formula is C17H26Br2N6O3. The van der Waals surface area contributed by atoms with E-state index in [1.165, 1.54) is 0 Å². The summed E-state index contributed by atoms with van der Waals surface area (Å²) in [5.41, 5.74) is 16.7. The molecule has 0 aromatic heterocycles. The highest BCUT2D eigenvalue weighted by molar-refractivity contribution is 9.11. The van der Waals surface area contributed by atoms with Crippen LogP contribution in [0.3, 0.4) is 0 Å². The molecule has 0 heterocycles. The van der Waals surface area contributed by atoms with Crippen LogP contribution in [0, 0.1) is 4.91 Å². The molecule has 0 saturated carbocycles. The van der Waals surface area contributed by atoms with E-state index in [1.54, 1.807) is 0 Å². The summed E-state index contributed by atoms with van der Waals surface area (Å²) in [7, 11) is 0. The number of aliphatic imine (C=N–C) groups is 1. The van der Waals surface area contributed by atoms with Crippen molar-refractivity contribution in [3.8, 4) is 5.75 Å². The minimum Gasteiger partial charge on any atom is -0.491 e. The van der Waals surface area contributed by atoms with Crippen LogP contribution in [-0.4, -0.2) is 44.1 Å². The Morgan fingerprint density at radius 2 is 1.86 bits per heavy atom. The van der Waals surface area contributed by atoms with Crippen LogP contribution in [0.15, 0.2) is 31.2 Å². The summed E-state index contributed by atoms with van der Waals surface area (Å²) in [6, 6.07) is 2.60. The van der Waals surface area contributed by atoms with Crippen LogP contribution in [0.25, 0.3) is 0 Å². The van der Waals surface area contributed by atoms with Gasteiger partial charge in [0.1, 0.15) is 5.75 Å². The molecule has 1 atom stereocenters. The lowest BCUT2D eigenvalue weighted by Crippen LogP contribution is -2.35. The maximum Gasteiger partial charge on any atom is 0.248 e. The Morgan fingerprint density at radius 3 is 2.43 bits per heavy atom. The highest BCUT2D eigenvalue weighted by Crippen LogP contribution is 2.35. The molecule has 1 rings (SSSR count). The third-order valence-electron chi connectivity index (χ3n) is 3.69. The molecule has 0 radical (unpaired) electrons. The first-order chi connectivity index (χ1) is 13.4. The van der Waals surface area contributed by atoms with E-state index < -0.39 is 11.9 Å². The normalized spacial score (nSPS) is 11.5. The van der Waals surface area contributed by atoms with Crippen molar-refractivity contribution in [1.29, 1.82) is 0 Å². The number of guanidine groups is 1. The zero-order valence-electron chi connectivity index (χ0n) is 15.5. The second-order valence-electron chi connectivity index (χ2n) is 6.01. The summed E-state index contributed by atoms with van der Waals surface area (Å²) in [4.78, 5) is 27.2. The number of unbranched alkanes of at least 4 members (excludes halogenated alkanes) is 1. The second kappa shape index (κ2) is 13.5. The van der Waals surface area contributed by atoms with Crippen LogP contribution in [0.2, 0.25) is 0 Å². The van der Waals surface area contributed by atoms with Crippen molar-refractivity contribution in [1.82, 2.24) is 5.32 Å². The molecule has 0 saturated heterocycles. The smallest absolute Gasteiger partial charge is 0.248 e. The minimum absolute atomic E-state index is 0.0439. The van der Waals surface area contributed by atoms with Crippen molar-refractivity contribution in [2.45, 2.75) is 31.7 Å². The standard InChI is InChI=1S/C17H26Br2N6O3/c18-12-8-11(9-13(19)15(12)28-7-3-4-20)10-14(25-27)16(26)23-5-1-2-6-24-17(21)22/h8-9,14H,1-7,10,20H2,(H,23,26)(H4,21,22,24). The summed E-state index contributed by atoms with van der Waals surface area (Å²) in [5.74, 6) is 0.285. The molecule has 1 amide bonds. The molecule has 0 aliphatic rings. The van der Waals surface area contributed by atoms with Crippen molar-refractivity contribution < 1.29 is 9.53 Å². The number of ether oxygens (including phenoxy) is 1. The topological polar surface area (TPSA) is 158 Å². The number of amides is 1. The molecule has 9 nitrogen and oxygen atoms in total. The minimum atomic E-state index is -1.01. The number of carbonyl (C=O) groups is 1. The van der Waals surface area contributed by atoms with Gasteiger partial charge in [0.2, 0.25) is 5.91 Å². The van der Waals surface area contributed by atoms with E-state index in [9.17, 15) is 9.70 Å². The van der Waals surface area contributed by atoms with Gasteiger partial charge >= 0.3 is 0 Å². The van der Waals surface area contributed by atoms with E-state index in [-0.39, 0.29) is 12.4 Å². The summed E-state index contributed by atoms with van der Waals surface area (Å²) in [6.45, 7) is 1.96. The number of nitrogens with zero attached hydrogens (tertiary/aromatic N) is 2. The number of hydrogen-bond donors (Lipinski definition) is 4. The molecule has 1 unspecified atom stereocenters. The van der Waals surface area contributed by atoms with Crippen LogP contribution < -0.4 is 27.3 Å². The van der Waals surface area contributed by atoms with E-state index >= 15 is 0 Å². The van der Waals surface area contributed by atoms with Crippen LogP contribution in [0.1, 0.15) is 24.8 Å². The van der Waals surface area contributed by atoms with E-state index in [0.29, 0.717) is 38.4 Å². The van der Waals surface area contributed by atoms with Gasteiger partial charge < -0.3 is 27.3 Å². The summed E-state index contributed by atoms with van der Waals surface area (Å²) in [6.07, 6.45) is 2.34. The number of benzene rings is 1. The zero-order valence-corrected chi connectivity index (χ0v) is 18.7. The molecule has 1 aromatic rings. The van der Waals surface area contributed by atoms with Crippen LogP contribution in [0.4, 0.5) is 0 Å². The highest BCUT2D eigenvalue weighted by atomic mass is 79.9. The Hall–Kier alpha value is -1.72. The maximum atomic E-state index is 12.2. The average Bonchev–Trinajstić information content (AvgIpc) is 2.64. The first-order valence-electron chi connectivity index (χ1n) is 8.85. The number of carbonyl (C=O) groups excluding carboxylic acids is 1. The Morgan fingerprint density at radius 1 is 1.18 bits per heavy atom. The number of rotatable bonds is 13. The SMILES string of the molecule is NCCCOc1c(Br)cc(CC(N=O)C(=O)NCCCCN=C(N)N)cc1Br. The Balaban J connectivity index is 2.58. The van der Waals surface area contributed by atoms with E-state index in [4.69, 9.17) is 21.9 Å². The molecule has 156 valence electrons. The fourth-order valence-electron chi connectivity index (χ4n) is 2.30. The summed E-state index contributed by atoms with van der Waals surface area (Å²) < 4.78 is 7.12. The van der Waals surface area contributed by atoms with Crippen LogP contribution >= 0.6 is 31.9 Å². The predicted octanol–water partition coefficient (Wildman–Crippen LogP) is 1.79. The Kier molecular flexibility index (Phi) is 11.7. The number of nitrogens with two attached hydrogens (primary N) is 3. The molecule has 1 aromatic carbocycles. The van der Waals surface area contributed by atoms with Crippen molar-refractivity contribution in [2.24, 2.45) is 27.4 Å². The maximum absolute atomic E-state index is 12.2.